The van der Waals surface area contributed by atoms with Crippen molar-refractivity contribution in [2.45, 2.75) is 25.3 Å². The van der Waals surface area contributed by atoms with Crippen LogP contribution in [0, 0.1) is 0 Å². The molecule has 1 aliphatic heterocycles. The van der Waals surface area contributed by atoms with Gasteiger partial charge in [-0.25, -0.2) is 8.42 Å². The van der Waals surface area contributed by atoms with Crippen molar-refractivity contribution in [1.82, 2.24) is 15.5 Å². The van der Waals surface area contributed by atoms with Gasteiger partial charge in [0.05, 0.1) is 11.5 Å². The van der Waals surface area contributed by atoms with Crippen molar-refractivity contribution in [2.24, 2.45) is 0 Å². The molecule has 0 bridgehead atoms. The maximum atomic E-state index is 12.6. The topological polar surface area (TPSA) is 91.9 Å². The molecule has 1 unspecified atom stereocenters. The number of H-pyrrole nitrogens is 1. The number of sulfone groups is 1. The number of aromatic nitrogens is 2. The summed E-state index contributed by atoms with van der Waals surface area (Å²) in [5, 5.41) is 9.97. The lowest BCUT2D eigenvalue weighted by molar-refractivity contribution is 0.0936. The van der Waals surface area contributed by atoms with E-state index in [-0.39, 0.29) is 23.5 Å². The van der Waals surface area contributed by atoms with E-state index in [1.54, 1.807) is 0 Å². The summed E-state index contributed by atoms with van der Waals surface area (Å²) in [7, 11) is -3.02. The van der Waals surface area contributed by atoms with Gasteiger partial charge in [0.15, 0.2) is 15.5 Å². The van der Waals surface area contributed by atoms with E-state index in [1.165, 1.54) is 5.56 Å². The molecule has 1 amide bonds. The first kappa shape index (κ1) is 14.4. The van der Waals surface area contributed by atoms with Gasteiger partial charge >= 0.3 is 0 Å². The summed E-state index contributed by atoms with van der Waals surface area (Å²) in [6.45, 7) is 0. The first-order valence-corrected chi connectivity index (χ1v) is 9.52. The molecular formula is C16H17N3O3S. The number of carbonyl (C=O) groups is 1. The van der Waals surface area contributed by atoms with E-state index >= 15 is 0 Å². The molecule has 2 heterocycles. The van der Waals surface area contributed by atoms with Crippen LogP contribution in [0.3, 0.4) is 0 Å². The van der Waals surface area contributed by atoms with Crippen LogP contribution in [0.15, 0.2) is 24.3 Å². The number of aromatic amines is 1. The monoisotopic (exact) mass is 331 g/mol. The van der Waals surface area contributed by atoms with Crippen LogP contribution >= 0.6 is 0 Å². The van der Waals surface area contributed by atoms with E-state index in [0.717, 1.165) is 29.7 Å². The van der Waals surface area contributed by atoms with Crippen LogP contribution in [0.25, 0.3) is 11.1 Å². The number of carbonyl (C=O) groups excluding carboxylic acids is 1. The molecule has 2 aliphatic rings. The normalized spacial score (nSPS) is 21.5. The van der Waals surface area contributed by atoms with Gasteiger partial charge in [-0.15, -0.1) is 0 Å². The van der Waals surface area contributed by atoms with E-state index < -0.39 is 9.84 Å². The zero-order valence-corrected chi connectivity index (χ0v) is 13.3. The van der Waals surface area contributed by atoms with E-state index in [0.29, 0.717) is 12.1 Å². The zero-order valence-electron chi connectivity index (χ0n) is 12.5. The number of hydrogen-bond acceptors (Lipinski definition) is 4. The highest BCUT2D eigenvalue weighted by molar-refractivity contribution is 7.91. The molecule has 1 saturated heterocycles. The summed E-state index contributed by atoms with van der Waals surface area (Å²) >= 11 is 0. The minimum atomic E-state index is -3.02. The second kappa shape index (κ2) is 5.19. The molecule has 1 fully saturated rings. The number of rotatable bonds is 2. The van der Waals surface area contributed by atoms with Crippen molar-refractivity contribution in [1.29, 1.82) is 0 Å². The molecule has 6 nitrogen and oxygen atoms in total. The summed E-state index contributed by atoms with van der Waals surface area (Å²) in [5.74, 6) is -0.150. The van der Waals surface area contributed by atoms with E-state index in [9.17, 15) is 13.2 Å². The van der Waals surface area contributed by atoms with Crippen LogP contribution in [0.5, 0.6) is 0 Å². The van der Waals surface area contributed by atoms with E-state index in [4.69, 9.17) is 0 Å². The fraction of sp³-hybridized carbons (Fsp3) is 0.375. The second-order valence-electron chi connectivity index (χ2n) is 6.16. The number of nitrogens with zero attached hydrogens (tertiary/aromatic N) is 1. The Bertz CT molecular complexity index is 886. The molecule has 0 saturated carbocycles. The summed E-state index contributed by atoms with van der Waals surface area (Å²) < 4.78 is 23.1. The summed E-state index contributed by atoms with van der Waals surface area (Å²) in [6, 6.07) is 7.69. The predicted octanol–water partition coefficient (Wildman–Crippen LogP) is 1.09. The number of nitrogens with one attached hydrogen (secondary N) is 2. The van der Waals surface area contributed by atoms with Crippen LogP contribution in [-0.2, 0) is 22.7 Å². The van der Waals surface area contributed by atoms with Crippen molar-refractivity contribution in [3.63, 3.8) is 0 Å². The van der Waals surface area contributed by atoms with E-state index in [2.05, 4.69) is 21.6 Å². The van der Waals surface area contributed by atoms with Crippen molar-refractivity contribution < 1.29 is 13.2 Å². The summed E-state index contributed by atoms with van der Waals surface area (Å²) in [4.78, 5) is 12.6. The average Bonchev–Trinajstić information content (AvgIpc) is 3.10. The smallest absolute Gasteiger partial charge is 0.272 e. The maximum Gasteiger partial charge on any atom is 0.272 e. The lowest BCUT2D eigenvalue weighted by atomic mass is 9.88. The van der Waals surface area contributed by atoms with Gasteiger partial charge in [0.2, 0.25) is 0 Å². The molecule has 4 rings (SSSR count). The Morgan fingerprint density at radius 2 is 2.09 bits per heavy atom. The molecule has 1 aliphatic carbocycles. The van der Waals surface area contributed by atoms with Gasteiger partial charge in [-0.1, -0.05) is 24.3 Å². The Balaban J connectivity index is 1.65. The van der Waals surface area contributed by atoms with Crippen LogP contribution in [0.2, 0.25) is 0 Å². The minimum Gasteiger partial charge on any atom is -0.347 e. The highest BCUT2D eigenvalue weighted by Crippen LogP contribution is 2.34. The van der Waals surface area contributed by atoms with Crippen LogP contribution in [-0.4, -0.2) is 42.1 Å². The number of hydrogen-bond donors (Lipinski definition) is 2. The lowest BCUT2D eigenvalue weighted by Gasteiger charge is -2.17. The number of amides is 1. The Kier molecular flexibility index (Phi) is 3.26. The first-order chi connectivity index (χ1) is 11.0. The third-order valence-corrected chi connectivity index (χ3v) is 6.32. The molecule has 2 aromatic rings. The third-order valence-electron chi connectivity index (χ3n) is 4.56. The Morgan fingerprint density at radius 3 is 2.87 bits per heavy atom. The Morgan fingerprint density at radius 1 is 1.26 bits per heavy atom. The number of benzene rings is 1. The van der Waals surface area contributed by atoms with Gasteiger partial charge in [0.25, 0.3) is 5.91 Å². The van der Waals surface area contributed by atoms with Crippen molar-refractivity contribution in [2.75, 3.05) is 11.5 Å². The highest BCUT2D eigenvalue weighted by atomic mass is 32.2. The molecule has 2 N–H and O–H groups in total. The van der Waals surface area contributed by atoms with Gasteiger partial charge in [-0.05, 0) is 30.4 Å². The SMILES string of the molecule is O=C(NC1CCS(=O)(=O)C1)c1n[nH]c2c1-c1ccccc1CC2. The molecule has 23 heavy (non-hydrogen) atoms. The zero-order chi connectivity index (χ0) is 16.0. The molecule has 0 radical (unpaired) electrons. The van der Waals surface area contributed by atoms with Gasteiger partial charge in [0, 0.05) is 17.3 Å². The minimum absolute atomic E-state index is 0.0158. The average molecular weight is 331 g/mol. The Labute approximate surface area is 134 Å². The molecule has 1 aromatic carbocycles. The van der Waals surface area contributed by atoms with Crippen LogP contribution in [0.1, 0.15) is 28.2 Å². The molecular weight excluding hydrogens is 314 g/mol. The molecule has 1 aromatic heterocycles. The number of fused-ring (bicyclic) bond motifs is 3. The summed E-state index contributed by atoms with van der Waals surface area (Å²) in [5.41, 5.74) is 4.42. The Hall–Kier alpha value is -2.15. The quantitative estimate of drug-likeness (QED) is 0.862. The van der Waals surface area contributed by atoms with Crippen LogP contribution < -0.4 is 5.32 Å². The fourth-order valence-corrected chi connectivity index (χ4v) is 5.09. The number of aryl methyl sites for hydroxylation is 2. The van der Waals surface area contributed by atoms with Crippen molar-refractivity contribution in [3.8, 4) is 11.1 Å². The lowest BCUT2D eigenvalue weighted by Crippen LogP contribution is -2.36. The van der Waals surface area contributed by atoms with Gasteiger partial charge < -0.3 is 5.32 Å². The van der Waals surface area contributed by atoms with Crippen molar-refractivity contribution in [3.05, 3.63) is 41.2 Å². The molecule has 120 valence electrons. The largest absolute Gasteiger partial charge is 0.347 e. The first-order valence-electron chi connectivity index (χ1n) is 7.70. The van der Waals surface area contributed by atoms with Crippen molar-refractivity contribution >= 4 is 15.7 Å². The molecule has 0 spiro atoms. The van der Waals surface area contributed by atoms with E-state index in [1.807, 2.05) is 18.2 Å². The summed E-state index contributed by atoms with van der Waals surface area (Å²) in [6.07, 6.45) is 2.22. The standard InChI is InChI=1S/C16H17N3O3S/c20-16(17-11-7-8-23(21,22)9-11)15-14-12-4-2-1-3-10(12)5-6-13(14)18-19-15/h1-4,11H,5-9H2,(H,17,20)(H,18,19). The fourth-order valence-electron chi connectivity index (χ4n) is 3.42. The van der Waals surface area contributed by atoms with Gasteiger partial charge in [-0.3, -0.25) is 9.89 Å². The van der Waals surface area contributed by atoms with Gasteiger partial charge in [0.1, 0.15) is 0 Å². The van der Waals surface area contributed by atoms with Gasteiger partial charge in [-0.2, -0.15) is 5.10 Å². The highest BCUT2D eigenvalue weighted by Gasteiger charge is 2.31. The second-order valence-corrected chi connectivity index (χ2v) is 8.39. The van der Waals surface area contributed by atoms with Crippen LogP contribution in [0.4, 0.5) is 0 Å². The molecule has 1 atom stereocenters. The molecule has 7 heteroatoms. The maximum absolute atomic E-state index is 12.6. The predicted molar refractivity (Wildman–Crippen MR) is 86.0 cm³/mol. The third kappa shape index (κ3) is 2.55.